The van der Waals surface area contributed by atoms with Crippen LogP contribution in [0, 0.1) is 11.0 Å². The number of rotatable bonds is 1. The zero-order chi connectivity index (χ0) is 18.7. The molecule has 0 amide bonds. The van der Waals surface area contributed by atoms with Crippen molar-refractivity contribution in [3.05, 3.63) is 82.4 Å². The van der Waals surface area contributed by atoms with Crippen LogP contribution in [0.2, 0.25) is 0 Å². The third kappa shape index (κ3) is 2.25. The largest absolute Gasteiger partial charge is 0.618 e. The van der Waals surface area contributed by atoms with Gasteiger partial charge in [-0.05, 0) is 32.0 Å². The first-order valence-electron chi connectivity index (χ1n) is 8.74. The predicted octanol–water partition coefficient (Wildman–Crippen LogP) is 4.52. The summed E-state index contributed by atoms with van der Waals surface area (Å²) in [5.41, 5.74) is 2.39. The first-order valence-corrected chi connectivity index (χ1v) is 8.74. The van der Waals surface area contributed by atoms with Crippen LogP contribution in [-0.4, -0.2) is 11.3 Å². The van der Waals surface area contributed by atoms with Crippen LogP contribution in [0.4, 0.5) is 4.39 Å². The maximum atomic E-state index is 14.8. The van der Waals surface area contributed by atoms with Crippen molar-refractivity contribution >= 4 is 16.6 Å². The molecule has 26 heavy (non-hydrogen) atoms. The summed E-state index contributed by atoms with van der Waals surface area (Å²) in [7, 11) is 0. The lowest BCUT2D eigenvalue weighted by atomic mass is 9.65. The van der Waals surface area contributed by atoms with E-state index in [2.05, 4.69) is 0 Å². The fourth-order valence-electron chi connectivity index (χ4n) is 3.70. The molecule has 0 bridgehead atoms. The summed E-state index contributed by atoms with van der Waals surface area (Å²) in [6.07, 6.45) is 1.53. The minimum Gasteiger partial charge on any atom is -0.618 e. The molecule has 0 unspecified atom stereocenters. The third-order valence-electron chi connectivity index (χ3n) is 5.83. The van der Waals surface area contributed by atoms with E-state index in [0.717, 1.165) is 15.7 Å². The third-order valence-corrected chi connectivity index (χ3v) is 5.83. The van der Waals surface area contributed by atoms with Crippen molar-refractivity contribution in [2.45, 2.75) is 38.6 Å². The number of hydrogen-bond donors (Lipinski definition) is 0. The molecule has 0 saturated carbocycles. The highest BCUT2D eigenvalue weighted by Crippen LogP contribution is 2.45. The van der Waals surface area contributed by atoms with Crippen molar-refractivity contribution < 1.29 is 9.12 Å². The molecule has 4 rings (SSSR count). The maximum absolute atomic E-state index is 14.8. The second-order valence-corrected chi connectivity index (χ2v) is 7.92. The molecule has 0 radical (unpaired) electrons. The van der Waals surface area contributed by atoms with Crippen LogP contribution in [0.5, 0.6) is 0 Å². The number of hydrogen-bond acceptors (Lipinski definition) is 2. The van der Waals surface area contributed by atoms with E-state index < -0.39 is 11.0 Å². The van der Waals surface area contributed by atoms with Gasteiger partial charge in [-0.15, -0.1) is 0 Å². The van der Waals surface area contributed by atoms with Crippen molar-refractivity contribution in [1.29, 1.82) is 0 Å². The Kier molecular flexibility index (Phi) is 3.45. The Morgan fingerprint density at radius 3 is 2.50 bits per heavy atom. The Morgan fingerprint density at radius 2 is 1.73 bits per heavy atom. The van der Waals surface area contributed by atoms with Gasteiger partial charge >= 0.3 is 0 Å². The van der Waals surface area contributed by atoms with Crippen molar-refractivity contribution in [2.75, 3.05) is 0 Å². The molecule has 2 heterocycles. The average Bonchev–Trinajstić information content (AvgIpc) is 2.58. The summed E-state index contributed by atoms with van der Waals surface area (Å²) in [5.74, 6) is -0.233. The molecule has 0 aliphatic carbocycles. The van der Waals surface area contributed by atoms with Gasteiger partial charge < -0.3 is 5.21 Å². The van der Waals surface area contributed by atoms with E-state index >= 15 is 0 Å². The Labute approximate surface area is 152 Å². The van der Waals surface area contributed by atoms with Gasteiger partial charge in [0.1, 0.15) is 5.82 Å². The van der Waals surface area contributed by atoms with E-state index in [9.17, 15) is 9.60 Å². The first-order chi connectivity index (χ1) is 12.2. The quantitative estimate of drug-likeness (QED) is 0.471. The van der Waals surface area contributed by atoms with Gasteiger partial charge in [0.25, 0.3) is 0 Å². The number of fused-ring (bicyclic) bond motifs is 2. The van der Waals surface area contributed by atoms with Crippen molar-refractivity contribution in [3.8, 4) is 0 Å². The highest BCUT2D eigenvalue weighted by molar-refractivity contribution is 6.15. The second kappa shape index (κ2) is 5.37. The van der Waals surface area contributed by atoms with Crippen LogP contribution in [0.25, 0.3) is 10.9 Å². The van der Waals surface area contributed by atoms with E-state index in [1.807, 2.05) is 58.0 Å². The molecule has 3 aromatic rings. The fourth-order valence-corrected chi connectivity index (χ4v) is 3.70. The predicted molar refractivity (Wildman–Crippen MR) is 102 cm³/mol. The second-order valence-electron chi connectivity index (χ2n) is 7.92. The Balaban J connectivity index is 2.04. The summed E-state index contributed by atoms with van der Waals surface area (Å²) in [5, 5.41) is 13.3. The molecular formula is C22H21FN2O. The number of halogens is 1. The van der Waals surface area contributed by atoms with E-state index in [1.54, 1.807) is 12.1 Å². The molecule has 1 aromatic heterocycles. The van der Waals surface area contributed by atoms with E-state index in [-0.39, 0.29) is 5.82 Å². The number of nitrogens with zero attached hydrogens (tertiary/aromatic N) is 2. The summed E-state index contributed by atoms with van der Waals surface area (Å²) < 4.78 is 15.7. The lowest BCUT2D eigenvalue weighted by Gasteiger charge is -2.44. The van der Waals surface area contributed by atoms with Gasteiger partial charge in [0.05, 0.1) is 16.8 Å². The van der Waals surface area contributed by atoms with E-state index in [0.29, 0.717) is 22.4 Å². The van der Waals surface area contributed by atoms with Crippen LogP contribution < -0.4 is 4.73 Å². The molecule has 3 nitrogen and oxygen atoms in total. The smallest absolute Gasteiger partial charge is 0.223 e. The number of benzene rings is 2. The molecule has 0 atom stereocenters. The van der Waals surface area contributed by atoms with Crippen molar-refractivity contribution in [3.63, 3.8) is 0 Å². The highest BCUT2D eigenvalue weighted by Gasteiger charge is 2.45. The molecule has 0 saturated heterocycles. The molecule has 0 fully saturated rings. The molecule has 1 aliphatic rings. The number of pyridine rings is 1. The lowest BCUT2D eigenvalue weighted by Crippen LogP contribution is -2.47. The van der Waals surface area contributed by atoms with Gasteiger partial charge in [0.15, 0.2) is 6.20 Å². The van der Waals surface area contributed by atoms with Crippen LogP contribution in [0.3, 0.4) is 0 Å². The number of para-hydroxylation sites is 1. The molecule has 132 valence electrons. The minimum absolute atomic E-state index is 0.233. The fraction of sp³-hybridized carbons (Fsp3) is 0.273. The van der Waals surface area contributed by atoms with E-state index in [1.165, 1.54) is 12.3 Å². The number of aromatic nitrogens is 1. The minimum atomic E-state index is -0.517. The van der Waals surface area contributed by atoms with Gasteiger partial charge in [-0.1, -0.05) is 38.1 Å². The van der Waals surface area contributed by atoms with Gasteiger partial charge in [0.2, 0.25) is 5.52 Å². The molecule has 0 spiro atoms. The Bertz CT molecular complexity index is 1070. The van der Waals surface area contributed by atoms with Crippen LogP contribution >= 0.6 is 0 Å². The SMILES string of the molecule is CC1(C)N=C(c2cc3ccccc3[n+]([O-])c2)c2cccc(F)c2C1(C)C. The van der Waals surface area contributed by atoms with Gasteiger partial charge in [-0.3, -0.25) is 4.99 Å². The molecule has 2 aromatic carbocycles. The monoisotopic (exact) mass is 348 g/mol. The average molecular weight is 348 g/mol. The summed E-state index contributed by atoms with van der Waals surface area (Å²) >= 11 is 0. The first kappa shape index (κ1) is 16.7. The molecule has 0 N–H and O–H groups in total. The molecule has 1 aliphatic heterocycles. The Hall–Kier alpha value is -2.75. The van der Waals surface area contributed by atoms with Crippen LogP contribution in [0.15, 0.2) is 59.7 Å². The van der Waals surface area contributed by atoms with Gasteiger partial charge in [-0.2, -0.15) is 4.73 Å². The van der Waals surface area contributed by atoms with Gasteiger partial charge in [0, 0.05) is 28.0 Å². The highest BCUT2D eigenvalue weighted by atomic mass is 19.1. The molecule has 4 heteroatoms. The summed E-state index contributed by atoms with van der Waals surface area (Å²) in [6, 6.07) is 14.5. The van der Waals surface area contributed by atoms with Crippen molar-refractivity contribution in [1.82, 2.24) is 0 Å². The van der Waals surface area contributed by atoms with Crippen molar-refractivity contribution in [2.24, 2.45) is 4.99 Å². The molecular weight excluding hydrogens is 327 g/mol. The normalized spacial score (nSPS) is 17.7. The summed E-state index contributed by atoms with van der Waals surface area (Å²) in [4.78, 5) is 4.97. The van der Waals surface area contributed by atoms with E-state index in [4.69, 9.17) is 4.99 Å². The summed E-state index contributed by atoms with van der Waals surface area (Å²) in [6.45, 7) is 8.05. The Morgan fingerprint density at radius 1 is 1.00 bits per heavy atom. The van der Waals surface area contributed by atoms with Gasteiger partial charge in [-0.25, -0.2) is 4.39 Å². The zero-order valence-corrected chi connectivity index (χ0v) is 15.4. The maximum Gasteiger partial charge on any atom is 0.223 e. The topological polar surface area (TPSA) is 39.3 Å². The van der Waals surface area contributed by atoms with Crippen LogP contribution in [-0.2, 0) is 5.41 Å². The number of aliphatic imine (C=N–C) groups is 1. The lowest BCUT2D eigenvalue weighted by molar-refractivity contribution is -0.577. The standard InChI is InChI=1S/C22H21FN2O/c1-21(2)19-16(9-7-10-17(19)23)20(24-22(21,3)4)15-12-14-8-5-6-11-18(14)25(26)13-15/h5-13H,1-4H3. The zero-order valence-electron chi connectivity index (χ0n) is 15.4. The van der Waals surface area contributed by atoms with Crippen LogP contribution in [0.1, 0.15) is 44.4 Å².